The molecular weight excluding hydrogens is 460 g/mol. The number of amides is 2. The van der Waals surface area contributed by atoms with Crippen molar-refractivity contribution in [3.63, 3.8) is 0 Å². The highest BCUT2D eigenvalue weighted by molar-refractivity contribution is 6.30. The van der Waals surface area contributed by atoms with Crippen LogP contribution in [0.5, 0.6) is 0 Å². The monoisotopic (exact) mass is 482 g/mol. The number of carbonyl (C=O) groups excluding carboxylic acids is 2. The first-order chi connectivity index (χ1) is 16.3. The van der Waals surface area contributed by atoms with Crippen LogP contribution >= 0.6 is 11.6 Å². The molecule has 1 fully saturated rings. The zero-order chi connectivity index (χ0) is 24.2. The second kappa shape index (κ2) is 9.92. The molecule has 0 atom stereocenters. The predicted molar refractivity (Wildman–Crippen MR) is 128 cm³/mol. The number of nitro benzene ring substituents is 1. The summed E-state index contributed by atoms with van der Waals surface area (Å²) in [5, 5.41) is 19.4. The van der Waals surface area contributed by atoms with Gasteiger partial charge in [0.2, 0.25) is 5.91 Å². The van der Waals surface area contributed by atoms with Gasteiger partial charge < -0.3 is 15.1 Å². The fourth-order valence-corrected chi connectivity index (χ4v) is 3.98. The van der Waals surface area contributed by atoms with E-state index in [0.29, 0.717) is 49.3 Å². The number of hydrogen-bond donors (Lipinski definition) is 1. The molecule has 11 heteroatoms. The number of carbonyl (C=O) groups is 2. The molecule has 3 aromatic rings. The van der Waals surface area contributed by atoms with E-state index in [0.717, 1.165) is 5.56 Å². The molecule has 1 aromatic heterocycles. The lowest BCUT2D eigenvalue weighted by Crippen LogP contribution is -2.48. The van der Waals surface area contributed by atoms with Gasteiger partial charge in [-0.1, -0.05) is 23.7 Å². The van der Waals surface area contributed by atoms with E-state index in [-0.39, 0.29) is 17.2 Å². The molecule has 2 heterocycles. The first kappa shape index (κ1) is 23.2. The van der Waals surface area contributed by atoms with E-state index < -0.39 is 10.8 Å². The molecular formula is C23H23ClN6O4. The highest BCUT2D eigenvalue weighted by atomic mass is 35.5. The molecule has 0 aliphatic carbocycles. The molecule has 0 bridgehead atoms. The second-order valence-corrected chi connectivity index (χ2v) is 8.34. The Morgan fingerprint density at radius 1 is 1.09 bits per heavy atom. The summed E-state index contributed by atoms with van der Waals surface area (Å²) in [4.78, 5) is 39.3. The minimum atomic E-state index is -0.492. The van der Waals surface area contributed by atoms with Crippen LogP contribution in [-0.2, 0) is 11.3 Å². The molecule has 4 rings (SSSR count). The third-order valence-electron chi connectivity index (χ3n) is 5.70. The van der Waals surface area contributed by atoms with E-state index >= 15 is 0 Å². The fraction of sp³-hybridized carbons (Fsp3) is 0.261. The maximum Gasteiger partial charge on any atom is 0.293 e. The van der Waals surface area contributed by atoms with Crippen molar-refractivity contribution < 1.29 is 14.5 Å². The number of halogens is 1. The van der Waals surface area contributed by atoms with Gasteiger partial charge in [-0.05, 0) is 29.8 Å². The molecule has 0 radical (unpaired) electrons. The maximum absolute atomic E-state index is 12.9. The largest absolute Gasteiger partial charge is 0.362 e. The summed E-state index contributed by atoms with van der Waals surface area (Å²) >= 11 is 5.93. The van der Waals surface area contributed by atoms with Gasteiger partial charge in [0.15, 0.2) is 0 Å². The number of nitro groups is 1. The normalized spacial score (nSPS) is 13.6. The van der Waals surface area contributed by atoms with Crippen LogP contribution in [0.15, 0.2) is 54.7 Å². The molecule has 1 aliphatic heterocycles. The molecule has 0 saturated carbocycles. The van der Waals surface area contributed by atoms with Crippen LogP contribution < -0.4 is 10.2 Å². The first-order valence-electron chi connectivity index (χ1n) is 10.7. The van der Waals surface area contributed by atoms with Gasteiger partial charge in [-0.3, -0.25) is 19.7 Å². The summed E-state index contributed by atoms with van der Waals surface area (Å²) in [6, 6.07) is 13.4. The third kappa shape index (κ3) is 5.18. The summed E-state index contributed by atoms with van der Waals surface area (Å²) in [7, 11) is 0. The number of nitrogens with one attached hydrogen (secondary N) is 1. The molecule has 1 N–H and O–H groups in total. The summed E-state index contributed by atoms with van der Waals surface area (Å²) in [5.41, 5.74) is 1.39. The molecule has 176 valence electrons. The summed E-state index contributed by atoms with van der Waals surface area (Å²) < 4.78 is 1.62. The standard InChI is InChI=1S/C23H23ClN6O4/c1-16(31)27-10-12-28(13-11-27)20-7-4-18(14-21(20)30(33)34)23(32)26-22-8-9-25-29(22)15-17-2-5-19(24)6-3-17/h2-9,14H,10-13,15H2,1H3,(H,26,32). The molecule has 0 spiro atoms. The minimum absolute atomic E-state index is 0.0172. The van der Waals surface area contributed by atoms with E-state index in [4.69, 9.17) is 11.6 Å². The average molecular weight is 483 g/mol. The van der Waals surface area contributed by atoms with Crippen LogP contribution in [0.4, 0.5) is 17.2 Å². The Morgan fingerprint density at radius 3 is 2.44 bits per heavy atom. The Labute approximate surface area is 200 Å². The SMILES string of the molecule is CC(=O)N1CCN(c2ccc(C(=O)Nc3ccnn3Cc3ccc(Cl)cc3)cc2[N+](=O)[O-])CC1. The molecule has 2 aromatic carbocycles. The Bertz CT molecular complexity index is 1220. The van der Waals surface area contributed by atoms with Crippen LogP contribution in [0, 0.1) is 10.1 Å². The summed E-state index contributed by atoms with van der Waals surface area (Å²) in [6.07, 6.45) is 1.57. The molecule has 34 heavy (non-hydrogen) atoms. The molecule has 10 nitrogen and oxygen atoms in total. The Kier molecular flexibility index (Phi) is 6.78. The van der Waals surface area contributed by atoms with Crippen LogP contribution in [0.25, 0.3) is 0 Å². The van der Waals surface area contributed by atoms with E-state index in [2.05, 4.69) is 10.4 Å². The highest BCUT2D eigenvalue weighted by Crippen LogP contribution is 2.30. The van der Waals surface area contributed by atoms with Crippen LogP contribution in [-0.4, -0.2) is 57.6 Å². The highest BCUT2D eigenvalue weighted by Gasteiger charge is 2.26. The van der Waals surface area contributed by atoms with Crippen molar-refractivity contribution in [2.45, 2.75) is 13.5 Å². The number of hydrogen-bond acceptors (Lipinski definition) is 6. The van der Waals surface area contributed by atoms with E-state index in [1.807, 2.05) is 17.0 Å². The van der Waals surface area contributed by atoms with Crippen molar-refractivity contribution in [2.75, 3.05) is 36.4 Å². The van der Waals surface area contributed by atoms with Gasteiger partial charge in [-0.25, -0.2) is 4.68 Å². The fourth-order valence-electron chi connectivity index (χ4n) is 3.86. The van der Waals surface area contributed by atoms with Crippen molar-refractivity contribution in [1.82, 2.24) is 14.7 Å². The van der Waals surface area contributed by atoms with E-state index in [9.17, 15) is 19.7 Å². The Balaban J connectivity index is 1.50. The van der Waals surface area contributed by atoms with Gasteiger partial charge in [-0.2, -0.15) is 5.10 Å². The van der Waals surface area contributed by atoms with Crippen molar-refractivity contribution in [1.29, 1.82) is 0 Å². The van der Waals surface area contributed by atoms with Crippen LogP contribution in [0.1, 0.15) is 22.8 Å². The van der Waals surface area contributed by atoms with Crippen molar-refractivity contribution in [3.8, 4) is 0 Å². The minimum Gasteiger partial charge on any atom is -0.362 e. The lowest BCUT2D eigenvalue weighted by Gasteiger charge is -2.35. The van der Waals surface area contributed by atoms with Crippen LogP contribution in [0.2, 0.25) is 5.02 Å². The molecule has 1 saturated heterocycles. The average Bonchev–Trinajstić information content (AvgIpc) is 3.26. The van der Waals surface area contributed by atoms with E-state index in [1.54, 1.807) is 46.1 Å². The summed E-state index contributed by atoms with van der Waals surface area (Å²) in [6.45, 7) is 3.88. The van der Waals surface area contributed by atoms with Gasteiger partial charge in [0.1, 0.15) is 11.5 Å². The Morgan fingerprint density at radius 2 is 1.79 bits per heavy atom. The van der Waals surface area contributed by atoms with Gasteiger partial charge >= 0.3 is 0 Å². The van der Waals surface area contributed by atoms with Crippen LogP contribution in [0.3, 0.4) is 0 Å². The van der Waals surface area contributed by atoms with Gasteiger partial charge in [-0.15, -0.1) is 0 Å². The second-order valence-electron chi connectivity index (χ2n) is 7.91. The Hall–Kier alpha value is -3.92. The number of anilines is 2. The number of benzene rings is 2. The van der Waals surface area contributed by atoms with Gasteiger partial charge in [0.05, 0.1) is 17.7 Å². The predicted octanol–water partition coefficient (Wildman–Crippen LogP) is 3.41. The maximum atomic E-state index is 12.9. The quantitative estimate of drug-likeness (QED) is 0.425. The zero-order valence-corrected chi connectivity index (χ0v) is 19.2. The van der Waals surface area contributed by atoms with Gasteiger partial charge in [0, 0.05) is 55.8 Å². The topological polar surface area (TPSA) is 114 Å². The molecule has 1 aliphatic rings. The molecule has 0 unspecified atom stereocenters. The van der Waals surface area contributed by atoms with Crippen molar-refractivity contribution in [3.05, 3.63) is 81.0 Å². The zero-order valence-electron chi connectivity index (χ0n) is 18.5. The van der Waals surface area contributed by atoms with Crippen molar-refractivity contribution >= 4 is 40.6 Å². The smallest absolute Gasteiger partial charge is 0.293 e. The number of piperazine rings is 1. The number of rotatable bonds is 6. The number of aromatic nitrogens is 2. The third-order valence-corrected chi connectivity index (χ3v) is 5.96. The first-order valence-corrected chi connectivity index (χ1v) is 11.1. The van der Waals surface area contributed by atoms with Crippen molar-refractivity contribution in [2.24, 2.45) is 0 Å². The van der Waals surface area contributed by atoms with Gasteiger partial charge in [0.25, 0.3) is 11.6 Å². The summed E-state index contributed by atoms with van der Waals surface area (Å²) in [5.74, 6) is -0.0302. The lowest BCUT2D eigenvalue weighted by molar-refractivity contribution is -0.384. The lowest BCUT2D eigenvalue weighted by atomic mass is 10.1. The molecule has 2 amide bonds. The number of nitrogens with zero attached hydrogens (tertiary/aromatic N) is 5. The van der Waals surface area contributed by atoms with E-state index in [1.165, 1.54) is 13.0 Å².